The Morgan fingerprint density at radius 1 is 1.16 bits per heavy atom. The average molecular weight is 436 g/mol. The summed E-state index contributed by atoms with van der Waals surface area (Å²) in [5.41, 5.74) is 3.82. The monoisotopic (exact) mass is 435 g/mol. The van der Waals surface area contributed by atoms with Crippen molar-refractivity contribution in [3.05, 3.63) is 81.5 Å². The molecule has 0 radical (unpaired) electrons. The van der Waals surface area contributed by atoms with Crippen molar-refractivity contribution in [1.82, 2.24) is 9.55 Å². The number of nitrogens with one attached hydrogen (secondary N) is 1. The van der Waals surface area contributed by atoms with E-state index in [-0.39, 0.29) is 17.3 Å². The SMILES string of the molecule is CCC(C(=O)Nc1c(C)cccc1C)n1cnc2scc(-c3ccc(F)cc3)c2c1=O. The van der Waals surface area contributed by atoms with Crippen LogP contribution in [0.1, 0.15) is 30.5 Å². The lowest BCUT2D eigenvalue weighted by atomic mass is 10.1. The van der Waals surface area contributed by atoms with Crippen LogP contribution in [0.25, 0.3) is 21.3 Å². The second-order valence-corrected chi connectivity index (χ2v) is 8.33. The van der Waals surface area contributed by atoms with Gasteiger partial charge in [0.05, 0.1) is 11.7 Å². The van der Waals surface area contributed by atoms with Crippen molar-refractivity contribution in [1.29, 1.82) is 0 Å². The first-order valence-electron chi connectivity index (χ1n) is 10.0. The second-order valence-electron chi connectivity index (χ2n) is 7.47. The molecule has 4 aromatic rings. The molecule has 0 fully saturated rings. The number of amides is 1. The first-order valence-corrected chi connectivity index (χ1v) is 10.9. The van der Waals surface area contributed by atoms with E-state index in [4.69, 9.17) is 0 Å². The molecule has 2 aromatic heterocycles. The zero-order chi connectivity index (χ0) is 22.1. The van der Waals surface area contributed by atoms with Crippen LogP contribution in [0.5, 0.6) is 0 Å². The van der Waals surface area contributed by atoms with Crippen LogP contribution in [0.3, 0.4) is 0 Å². The average Bonchev–Trinajstić information content (AvgIpc) is 3.18. The fourth-order valence-electron chi connectivity index (χ4n) is 3.74. The van der Waals surface area contributed by atoms with Gasteiger partial charge in [0.1, 0.15) is 16.7 Å². The number of fused-ring (bicyclic) bond motifs is 1. The van der Waals surface area contributed by atoms with Gasteiger partial charge in [0.25, 0.3) is 5.56 Å². The number of aryl methyl sites for hydroxylation is 2. The van der Waals surface area contributed by atoms with Gasteiger partial charge in [-0.15, -0.1) is 11.3 Å². The summed E-state index contributed by atoms with van der Waals surface area (Å²) in [5.74, 6) is -0.602. The van der Waals surface area contributed by atoms with Crippen LogP contribution in [0, 0.1) is 19.7 Å². The molecule has 4 rings (SSSR count). The third kappa shape index (κ3) is 3.88. The van der Waals surface area contributed by atoms with Crippen LogP contribution in [-0.2, 0) is 4.79 Å². The molecule has 0 spiro atoms. The molecule has 31 heavy (non-hydrogen) atoms. The van der Waals surface area contributed by atoms with E-state index >= 15 is 0 Å². The molecule has 1 amide bonds. The normalized spacial score (nSPS) is 12.1. The van der Waals surface area contributed by atoms with E-state index in [1.54, 1.807) is 12.1 Å². The molecule has 158 valence electrons. The molecule has 2 heterocycles. The Bertz CT molecular complexity index is 1300. The lowest BCUT2D eigenvalue weighted by Gasteiger charge is -2.19. The van der Waals surface area contributed by atoms with Gasteiger partial charge in [0.15, 0.2) is 0 Å². The highest BCUT2D eigenvalue weighted by Gasteiger charge is 2.23. The number of benzene rings is 2. The summed E-state index contributed by atoms with van der Waals surface area (Å²) in [7, 11) is 0. The van der Waals surface area contributed by atoms with E-state index in [0.717, 1.165) is 22.4 Å². The molecule has 0 saturated heterocycles. The van der Waals surface area contributed by atoms with Gasteiger partial charge >= 0.3 is 0 Å². The highest BCUT2D eigenvalue weighted by Crippen LogP contribution is 2.31. The standard InChI is InChI=1S/C24H22FN3O2S/c1-4-19(22(29)27-21-14(2)6-5-7-15(21)3)28-13-26-23-20(24(28)30)18(12-31-23)16-8-10-17(25)11-9-16/h5-13,19H,4H2,1-3H3,(H,27,29). The van der Waals surface area contributed by atoms with Gasteiger partial charge in [-0.05, 0) is 49.1 Å². The molecule has 1 N–H and O–H groups in total. The summed E-state index contributed by atoms with van der Waals surface area (Å²) >= 11 is 1.35. The van der Waals surface area contributed by atoms with Gasteiger partial charge in [-0.3, -0.25) is 14.2 Å². The maximum absolute atomic E-state index is 13.4. The van der Waals surface area contributed by atoms with E-state index in [1.165, 1.54) is 34.4 Å². The summed E-state index contributed by atoms with van der Waals surface area (Å²) in [4.78, 5) is 31.6. The molecular weight excluding hydrogens is 413 g/mol. The number of anilines is 1. The van der Waals surface area contributed by atoms with Crippen LogP contribution >= 0.6 is 11.3 Å². The van der Waals surface area contributed by atoms with Crippen LogP contribution in [0.2, 0.25) is 0 Å². The Kier molecular flexibility index (Phi) is 5.69. The predicted octanol–water partition coefficient (Wildman–Crippen LogP) is 5.47. The van der Waals surface area contributed by atoms with Gasteiger partial charge in [0, 0.05) is 16.6 Å². The third-order valence-corrected chi connectivity index (χ3v) is 6.32. The number of aromatic nitrogens is 2. The zero-order valence-corrected chi connectivity index (χ0v) is 18.3. The fourth-order valence-corrected chi connectivity index (χ4v) is 4.64. The predicted molar refractivity (Wildman–Crippen MR) is 123 cm³/mol. The number of hydrogen-bond acceptors (Lipinski definition) is 4. The Morgan fingerprint density at radius 3 is 2.48 bits per heavy atom. The summed E-state index contributed by atoms with van der Waals surface area (Å²) in [6.07, 6.45) is 1.87. The largest absolute Gasteiger partial charge is 0.324 e. The van der Waals surface area contributed by atoms with E-state index in [0.29, 0.717) is 22.2 Å². The van der Waals surface area contributed by atoms with Crippen LogP contribution < -0.4 is 10.9 Å². The number of para-hydroxylation sites is 1. The summed E-state index contributed by atoms with van der Waals surface area (Å²) in [6.45, 7) is 5.73. The fraction of sp³-hybridized carbons (Fsp3) is 0.208. The highest BCUT2D eigenvalue weighted by molar-refractivity contribution is 7.17. The summed E-state index contributed by atoms with van der Waals surface area (Å²) < 4.78 is 14.7. The molecule has 0 saturated carbocycles. The molecule has 0 aliphatic carbocycles. The maximum Gasteiger partial charge on any atom is 0.263 e. The molecular formula is C24H22FN3O2S. The van der Waals surface area contributed by atoms with Crippen molar-refractivity contribution in [2.24, 2.45) is 0 Å². The Balaban J connectivity index is 1.76. The lowest BCUT2D eigenvalue weighted by Crippen LogP contribution is -2.33. The zero-order valence-electron chi connectivity index (χ0n) is 17.5. The molecule has 1 atom stereocenters. The number of rotatable bonds is 5. The number of carbonyl (C=O) groups excluding carboxylic acids is 1. The van der Waals surface area contributed by atoms with Crippen LogP contribution in [-0.4, -0.2) is 15.5 Å². The van der Waals surface area contributed by atoms with Crippen molar-refractivity contribution < 1.29 is 9.18 Å². The summed E-state index contributed by atoms with van der Waals surface area (Å²) in [5, 5.41) is 5.27. The lowest BCUT2D eigenvalue weighted by molar-refractivity contribution is -0.119. The van der Waals surface area contributed by atoms with E-state index < -0.39 is 6.04 Å². The van der Waals surface area contributed by atoms with Gasteiger partial charge in [-0.2, -0.15) is 0 Å². The minimum Gasteiger partial charge on any atom is -0.324 e. The first kappa shape index (κ1) is 20.9. The van der Waals surface area contributed by atoms with Crippen molar-refractivity contribution in [3.8, 4) is 11.1 Å². The van der Waals surface area contributed by atoms with E-state index in [2.05, 4.69) is 10.3 Å². The van der Waals surface area contributed by atoms with Gasteiger partial charge in [-0.1, -0.05) is 37.3 Å². The number of nitrogens with zero attached hydrogens (tertiary/aromatic N) is 2. The molecule has 5 nitrogen and oxygen atoms in total. The third-order valence-electron chi connectivity index (χ3n) is 5.43. The topological polar surface area (TPSA) is 64.0 Å². The number of halogens is 1. The van der Waals surface area contributed by atoms with Crippen molar-refractivity contribution in [2.45, 2.75) is 33.2 Å². The van der Waals surface area contributed by atoms with Crippen LogP contribution in [0.15, 0.2) is 59.0 Å². The minimum atomic E-state index is -0.704. The Labute approximate surface area is 183 Å². The van der Waals surface area contributed by atoms with Crippen LogP contribution in [0.4, 0.5) is 10.1 Å². The molecule has 7 heteroatoms. The molecule has 1 unspecified atom stereocenters. The molecule has 0 aliphatic heterocycles. The number of carbonyl (C=O) groups is 1. The van der Waals surface area contributed by atoms with Crippen molar-refractivity contribution in [3.63, 3.8) is 0 Å². The minimum absolute atomic E-state index is 0.262. The number of thiophene rings is 1. The molecule has 0 aliphatic rings. The van der Waals surface area contributed by atoms with Gasteiger partial charge in [0.2, 0.25) is 5.91 Å². The van der Waals surface area contributed by atoms with Crippen molar-refractivity contribution >= 4 is 33.1 Å². The van der Waals surface area contributed by atoms with Gasteiger partial charge in [-0.25, -0.2) is 9.37 Å². The van der Waals surface area contributed by atoms with E-state index in [9.17, 15) is 14.0 Å². The van der Waals surface area contributed by atoms with Gasteiger partial charge < -0.3 is 5.32 Å². The van der Waals surface area contributed by atoms with Crippen molar-refractivity contribution in [2.75, 3.05) is 5.32 Å². The molecule has 0 bridgehead atoms. The summed E-state index contributed by atoms with van der Waals surface area (Å²) in [6, 6.07) is 11.1. The first-order chi connectivity index (χ1) is 14.9. The molecule has 2 aromatic carbocycles. The Hall–Kier alpha value is -3.32. The Morgan fingerprint density at radius 2 is 1.84 bits per heavy atom. The smallest absolute Gasteiger partial charge is 0.263 e. The highest BCUT2D eigenvalue weighted by atomic mass is 32.1. The quantitative estimate of drug-likeness (QED) is 0.452. The van der Waals surface area contributed by atoms with E-state index in [1.807, 2.05) is 44.4 Å². The maximum atomic E-state index is 13.4. The number of hydrogen-bond donors (Lipinski definition) is 1. The second kappa shape index (κ2) is 8.43.